The van der Waals surface area contributed by atoms with Gasteiger partial charge in [0.2, 0.25) is 0 Å². The van der Waals surface area contributed by atoms with Gasteiger partial charge in [-0.1, -0.05) is 13.8 Å². The van der Waals surface area contributed by atoms with Gasteiger partial charge in [0.15, 0.2) is 0 Å². The Labute approximate surface area is 110 Å². The maximum atomic E-state index is 5.57. The van der Waals surface area contributed by atoms with Crippen molar-refractivity contribution in [3.63, 3.8) is 0 Å². The van der Waals surface area contributed by atoms with E-state index in [9.17, 15) is 0 Å². The third-order valence-electron chi connectivity index (χ3n) is 3.84. The van der Waals surface area contributed by atoms with Gasteiger partial charge in [0.05, 0.1) is 6.26 Å². The summed E-state index contributed by atoms with van der Waals surface area (Å²) in [6, 6.07) is 2.57. The van der Waals surface area contributed by atoms with Crippen molar-refractivity contribution in [2.24, 2.45) is 5.92 Å². The van der Waals surface area contributed by atoms with Gasteiger partial charge in [-0.05, 0) is 37.8 Å². The summed E-state index contributed by atoms with van der Waals surface area (Å²) >= 11 is 0. The molecule has 0 aromatic carbocycles. The molecule has 1 aromatic rings. The summed E-state index contributed by atoms with van der Waals surface area (Å²) in [4.78, 5) is 0. The quantitative estimate of drug-likeness (QED) is 0.842. The van der Waals surface area contributed by atoms with Gasteiger partial charge in [-0.25, -0.2) is 0 Å². The summed E-state index contributed by atoms with van der Waals surface area (Å²) in [5.41, 5.74) is 1.35. The Morgan fingerprint density at radius 3 is 2.78 bits per heavy atom. The molecule has 1 saturated heterocycles. The molecule has 0 radical (unpaired) electrons. The van der Waals surface area contributed by atoms with Crippen LogP contribution in [0.5, 0.6) is 0 Å². The Hall–Kier alpha value is -0.800. The van der Waals surface area contributed by atoms with Crippen LogP contribution in [0.1, 0.15) is 50.5 Å². The Kier molecular flexibility index (Phi) is 5.26. The topological polar surface area (TPSA) is 34.4 Å². The second-order valence-electron chi connectivity index (χ2n) is 5.05. The van der Waals surface area contributed by atoms with Gasteiger partial charge in [0.1, 0.15) is 5.76 Å². The van der Waals surface area contributed by atoms with Crippen LogP contribution in [0.25, 0.3) is 0 Å². The molecule has 18 heavy (non-hydrogen) atoms. The highest BCUT2D eigenvalue weighted by Gasteiger charge is 2.22. The monoisotopic (exact) mass is 251 g/mol. The van der Waals surface area contributed by atoms with Gasteiger partial charge in [-0.2, -0.15) is 0 Å². The number of hydrogen-bond acceptors (Lipinski definition) is 3. The maximum absolute atomic E-state index is 5.57. The summed E-state index contributed by atoms with van der Waals surface area (Å²) in [5, 5.41) is 3.61. The van der Waals surface area contributed by atoms with Crippen molar-refractivity contribution in [2.45, 2.75) is 45.6 Å². The second kappa shape index (κ2) is 6.95. The fraction of sp³-hybridized carbons (Fsp3) is 0.733. The van der Waals surface area contributed by atoms with Gasteiger partial charge in [0, 0.05) is 31.2 Å². The van der Waals surface area contributed by atoms with E-state index in [4.69, 9.17) is 9.15 Å². The molecule has 0 saturated carbocycles. The van der Waals surface area contributed by atoms with E-state index in [1.54, 1.807) is 0 Å². The van der Waals surface area contributed by atoms with Crippen LogP contribution >= 0.6 is 0 Å². The second-order valence-corrected chi connectivity index (χ2v) is 5.05. The highest BCUT2D eigenvalue weighted by atomic mass is 16.5. The first kappa shape index (κ1) is 13.6. The summed E-state index contributed by atoms with van der Waals surface area (Å²) < 4.78 is 11.0. The Morgan fingerprint density at radius 2 is 2.11 bits per heavy atom. The molecule has 3 heteroatoms. The average Bonchev–Trinajstić information content (AvgIpc) is 2.87. The van der Waals surface area contributed by atoms with Crippen molar-refractivity contribution < 1.29 is 9.15 Å². The summed E-state index contributed by atoms with van der Waals surface area (Å²) in [6.45, 7) is 7.18. The van der Waals surface area contributed by atoms with Crippen LogP contribution in [0.2, 0.25) is 0 Å². The fourth-order valence-corrected chi connectivity index (χ4v) is 2.83. The van der Waals surface area contributed by atoms with E-state index < -0.39 is 0 Å². The fourth-order valence-electron chi connectivity index (χ4n) is 2.83. The number of rotatable bonds is 6. The van der Waals surface area contributed by atoms with E-state index in [-0.39, 0.29) is 0 Å². The van der Waals surface area contributed by atoms with Gasteiger partial charge in [-0.15, -0.1) is 0 Å². The Balaban J connectivity index is 2.02. The lowest BCUT2D eigenvalue weighted by molar-refractivity contribution is 0.0605. The molecular weight excluding hydrogens is 226 g/mol. The van der Waals surface area contributed by atoms with E-state index in [0.717, 1.165) is 37.9 Å². The number of ether oxygens (including phenoxy) is 1. The van der Waals surface area contributed by atoms with Crippen molar-refractivity contribution in [1.29, 1.82) is 0 Å². The summed E-state index contributed by atoms with van der Waals surface area (Å²) in [6.07, 6.45) is 6.38. The van der Waals surface area contributed by atoms with Crippen molar-refractivity contribution in [3.8, 4) is 0 Å². The summed E-state index contributed by atoms with van der Waals surface area (Å²) in [7, 11) is 0. The largest absolute Gasteiger partial charge is 0.469 e. The first-order chi connectivity index (χ1) is 8.85. The normalized spacial score (nSPS) is 19.0. The molecule has 0 amide bonds. The van der Waals surface area contributed by atoms with Crippen LogP contribution in [0.15, 0.2) is 16.7 Å². The van der Waals surface area contributed by atoms with E-state index in [0.29, 0.717) is 6.04 Å². The third-order valence-corrected chi connectivity index (χ3v) is 3.84. The molecule has 1 fully saturated rings. The zero-order chi connectivity index (χ0) is 12.8. The highest BCUT2D eigenvalue weighted by Crippen LogP contribution is 2.30. The minimum atomic E-state index is 0.437. The number of furan rings is 1. The molecule has 1 aromatic heterocycles. The molecule has 1 atom stereocenters. The van der Waals surface area contributed by atoms with Gasteiger partial charge in [0.25, 0.3) is 0 Å². The molecule has 1 N–H and O–H groups in total. The van der Waals surface area contributed by atoms with Gasteiger partial charge >= 0.3 is 0 Å². The number of nitrogens with one attached hydrogen (secondary N) is 1. The predicted molar refractivity (Wildman–Crippen MR) is 72.7 cm³/mol. The molecule has 2 rings (SSSR count). The zero-order valence-corrected chi connectivity index (χ0v) is 11.6. The first-order valence-corrected chi connectivity index (χ1v) is 7.22. The number of aryl methyl sites for hydroxylation is 1. The predicted octanol–water partition coefficient (Wildman–Crippen LogP) is 3.31. The van der Waals surface area contributed by atoms with Gasteiger partial charge in [-0.3, -0.25) is 0 Å². The maximum Gasteiger partial charge on any atom is 0.108 e. The molecule has 1 aliphatic rings. The SMILES string of the molecule is CCNC(CC1CCOCC1)c1ccoc1CC. The van der Waals surface area contributed by atoms with Gasteiger partial charge < -0.3 is 14.5 Å². The lowest BCUT2D eigenvalue weighted by Gasteiger charge is -2.27. The lowest BCUT2D eigenvalue weighted by atomic mass is 9.89. The molecule has 0 bridgehead atoms. The van der Waals surface area contributed by atoms with E-state index in [1.807, 2.05) is 6.26 Å². The Morgan fingerprint density at radius 1 is 1.33 bits per heavy atom. The van der Waals surface area contributed by atoms with E-state index >= 15 is 0 Å². The van der Waals surface area contributed by atoms with Crippen LogP contribution < -0.4 is 5.32 Å². The average molecular weight is 251 g/mol. The molecule has 0 spiro atoms. The summed E-state index contributed by atoms with van der Waals surface area (Å²) in [5.74, 6) is 1.91. The third kappa shape index (κ3) is 3.36. The van der Waals surface area contributed by atoms with Crippen LogP contribution in [0, 0.1) is 5.92 Å². The zero-order valence-electron chi connectivity index (χ0n) is 11.6. The molecular formula is C15H25NO2. The van der Waals surface area contributed by atoms with Crippen molar-refractivity contribution in [3.05, 3.63) is 23.7 Å². The van der Waals surface area contributed by atoms with E-state index in [2.05, 4.69) is 25.2 Å². The molecule has 3 nitrogen and oxygen atoms in total. The van der Waals surface area contributed by atoms with Crippen LogP contribution in [-0.4, -0.2) is 19.8 Å². The number of hydrogen-bond donors (Lipinski definition) is 1. The first-order valence-electron chi connectivity index (χ1n) is 7.22. The minimum Gasteiger partial charge on any atom is -0.469 e. The molecule has 0 aliphatic carbocycles. The van der Waals surface area contributed by atoms with E-state index in [1.165, 1.54) is 24.8 Å². The van der Waals surface area contributed by atoms with Crippen molar-refractivity contribution in [1.82, 2.24) is 5.32 Å². The minimum absolute atomic E-state index is 0.437. The van der Waals surface area contributed by atoms with Crippen LogP contribution in [-0.2, 0) is 11.2 Å². The molecule has 2 heterocycles. The lowest BCUT2D eigenvalue weighted by Crippen LogP contribution is -2.26. The van der Waals surface area contributed by atoms with Crippen LogP contribution in [0.4, 0.5) is 0 Å². The van der Waals surface area contributed by atoms with Crippen LogP contribution in [0.3, 0.4) is 0 Å². The van der Waals surface area contributed by atoms with Crippen molar-refractivity contribution >= 4 is 0 Å². The molecule has 1 unspecified atom stereocenters. The standard InChI is InChI=1S/C15H25NO2/c1-3-15-13(7-10-18-15)14(16-4-2)11-12-5-8-17-9-6-12/h7,10,12,14,16H,3-6,8-9,11H2,1-2H3. The Bertz CT molecular complexity index is 342. The molecule has 102 valence electrons. The van der Waals surface area contributed by atoms with Crippen molar-refractivity contribution in [2.75, 3.05) is 19.8 Å². The highest BCUT2D eigenvalue weighted by molar-refractivity contribution is 5.21. The molecule has 1 aliphatic heterocycles. The smallest absolute Gasteiger partial charge is 0.108 e.